The molecule has 1 spiro atoms. The molecule has 27 heavy (non-hydrogen) atoms. The number of hydrogen-bond acceptors (Lipinski definition) is 4. The Morgan fingerprint density at radius 1 is 0.926 bits per heavy atom. The third kappa shape index (κ3) is 2.08. The Kier molecular flexibility index (Phi) is 3.37. The summed E-state index contributed by atoms with van der Waals surface area (Å²) in [6.07, 6.45) is 0. The zero-order valence-corrected chi connectivity index (χ0v) is 14.8. The molecule has 132 valence electrons. The number of rotatable bonds is 3. The molecule has 1 unspecified atom stereocenters. The zero-order chi connectivity index (χ0) is 18.4. The topological polar surface area (TPSA) is 54.3 Å². The monoisotopic (exact) mass is 355 g/mol. The summed E-state index contributed by atoms with van der Waals surface area (Å²) < 4.78 is 5.43. The van der Waals surface area contributed by atoms with Crippen LogP contribution in [-0.2, 0) is 16.9 Å². The van der Waals surface area contributed by atoms with Gasteiger partial charge in [-0.1, -0.05) is 60.7 Å². The van der Waals surface area contributed by atoms with Crippen LogP contribution in [0.1, 0.15) is 16.7 Å². The van der Waals surface area contributed by atoms with Gasteiger partial charge in [0.1, 0.15) is 11.4 Å². The molecule has 1 amide bonds. The van der Waals surface area contributed by atoms with Crippen molar-refractivity contribution < 1.29 is 9.53 Å². The summed E-state index contributed by atoms with van der Waals surface area (Å²) in [5.74, 6) is 0.545. The Morgan fingerprint density at radius 3 is 2.48 bits per heavy atom. The van der Waals surface area contributed by atoms with Gasteiger partial charge in [0.25, 0.3) is 5.91 Å². The number of hydrogen-bond donors (Lipinski definition) is 0. The summed E-state index contributed by atoms with van der Waals surface area (Å²) in [7, 11) is 1.60. The van der Waals surface area contributed by atoms with E-state index in [0.29, 0.717) is 18.0 Å². The van der Waals surface area contributed by atoms with Crippen molar-refractivity contribution in [3.05, 3.63) is 89.5 Å². The van der Waals surface area contributed by atoms with Gasteiger partial charge >= 0.3 is 0 Å². The smallest absolute Gasteiger partial charge is 0.266 e. The minimum Gasteiger partial charge on any atom is -0.494 e. The standard InChI is InChI=1S/C22H17N3O2/c1-27-19-13-7-11-17-20(19)23-24-22(17)16-10-5-6-12-18(16)25(21(22)26)14-15-8-3-2-4-9-15/h2-13H,14H2,1H3. The molecule has 0 saturated carbocycles. The third-order valence-corrected chi connectivity index (χ3v) is 5.23. The van der Waals surface area contributed by atoms with Gasteiger partial charge < -0.3 is 9.64 Å². The van der Waals surface area contributed by atoms with Gasteiger partial charge in [-0.2, -0.15) is 5.11 Å². The number of amides is 1. The number of azo groups is 1. The lowest BCUT2D eigenvalue weighted by atomic mass is 9.84. The van der Waals surface area contributed by atoms with E-state index in [0.717, 1.165) is 22.4 Å². The molecule has 0 saturated heterocycles. The molecule has 0 aromatic heterocycles. The number of benzene rings is 3. The van der Waals surface area contributed by atoms with E-state index in [1.807, 2.05) is 72.8 Å². The van der Waals surface area contributed by atoms with Gasteiger partial charge in [-0.3, -0.25) is 4.79 Å². The third-order valence-electron chi connectivity index (χ3n) is 5.23. The summed E-state index contributed by atoms with van der Waals surface area (Å²) >= 11 is 0. The predicted molar refractivity (Wildman–Crippen MR) is 102 cm³/mol. The lowest BCUT2D eigenvalue weighted by Crippen LogP contribution is -2.38. The lowest BCUT2D eigenvalue weighted by molar-refractivity contribution is -0.121. The quantitative estimate of drug-likeness (QED) is 0.690. The van der Waals surface area contributed by atoms with Crippen LogP contribution < -0.4 is 9.64 Å². The Balaban J connectivity index is 1.69. The van der Waals surface area contributed by atoms with Crippen LogP contribution in [0.3, 0.4) is 0 Å². The number of nitrogens with zero attached hydrogens (tertiary/aromatic N) is 3. The van der Waals surface area contributed by atoms with Crippen LogP contribution >= 0.6 is 0 Å². The highest BCUT2D eigenvalue weighted by molar-refractivity contribution is 6.11. The van der Waals surface area contributed by atoms with Crippen molar-refractivity contribution >= 4 is 17.3 Å². The normalized spacial score (nSPS) is 19.4. The Labute approximate surface area is 156 Å². The average Bonchev–Trinajstić information content (AvgIpc) is 3.22. The first-order valence-electron chi connectivity index (χ1n) is 8.81. The van der Waals surface area contributed by atoms with E-state index in [1.54, 1.807) is 12.0 Å². The van der Waals surface area contributed by atoms with E-state index in [-0.39, 0.29) is 5.91 Å². The second-order valence-electron chi connectivity index (χ2n) is 6.66. The van der Waals surface area contributed by atoms with E-state index in [4.69, 9.17) is 4.74 Å². The largest absolute Gasteiger partial charge is 0.494 e. The van der Waals surface area contributed by atoms with Gasteiger partial charge in [-0.15, -0.1) is 5.11 Å². The molecule has 2 heterocycles. The van der Waals surface area contributed by atoms with Crippen LogP contribution in [-0.4, -0.2) is 13.0 Å². The molecular weight excluding hydrogens is 338 g/mol. The number of methoxy groups -OCH3 is 1. The molecule has 3 aromatic carbocycles. The molecular formula is C22H17N3O2. The molecule has 5 nitrogen and oxygen atoms in total. The van der Waals surface area contributed by atoms with Crippen molar-refractivity contribution in [2.75, 3.05) is 12.0 Å². The predicted octanol–water partition coefficient (Wildman–Crippen LogP) is 4.58. The van der Waals surface area contributed by atoms with E-state index >= 15 is 0 Å². The maximum atomic E-state index is 13.7. The van der Waals surface area contributed by atoms with Crippen LogP contribution in [0.2, 0.25) is 0 Å². The van der Waals surface area contributed by atoms with Gasteiger partial charge in [0.05, 0.1) is 19.3 Å². The molecule has 5 rings (SSSR count). The number of ether oxygens (including phenoxy) is 1. The van der Waals surface area contributed by atoms with Crippen LogP contribution in [0.15, 0.2) is 83.0 Å². The van der Waals surface area contributed by atoms with Gasteiger partial charge in [-0.05, 0) is 17.7 Å². The maximum Gasteiger partial charge on any atom is 0.266 e. The minimum atomic E-state index is -1.13. The number of fused-ring (bicyclic) bond motifs is 4. The molecule has 0 fully saturated rings. The molecule has 3 aromatic rings. The Bertz CT molecular complexity index is 1080. The van der Waals surface area contributed by atoms with E-state index in [9.17, 15) is 4.79 Å². The van der Waals surface area contributed by atoms with Crippen molar-refractivity contribution in [3.63, 3.8) is 0 Å². The molecule has 5 heteroatoms. The lowest BCUT2D eigenvalue weighted by Gasteiger charge is -2.22. The molecule has 2 aliphatic heterocycles. The first kappa shape index (κ1) is 15.8. The van der Waals surface area contributed by atoms with Crippen LogP contribution in [0.4, 0.5) is 11.4 Å². The average molecular weight is 355 g/mol. The van der Waals surface area contributed by atoms with Crippen molar-refractivity contribution in [1.82, 2.24) is 0 Å². The molecule has 0 aliphatic carbocycles. The molecule has 0 N–H and O–H groups in total. The molecule has 0 bridgehead atoms. The summed E-state index contributed by atoms with van der Waals surface area (Å²) in [5, 5.41) is 8.86. The maximum absolute atomic E-state index is 13.7. The van der Waals surface area contributed by atoms with Gasteiger partial charge in [-0.25, -0.2) is 0 Å². The highest BCUT2D eigenvalue weighted by Gasteiger charge is 2.56. The Hall–Kier alpha value is -3.47. The number of carbonyl (C=O) groups is 1. The van der Waals surface area contributed by atoms with Crippen LogP contribution in [0, 0.1) is 0 Å². The van der Waals surface area contributed by atoms with E-state index in [2.05, 4.69) is 10.2 Å². The summed E-state index contributed by atoms with van der Waals surface area (Å²) in [6, 6.07) is 23.4. The van der Waals surface area contributed by atoms with E-state index < -0.39 is 5.54 Å². The highest BCUT2D eigenvalue weighted by Crippen LogP contribution is 2.55. The minimum absolute atomic E-state index is 0.0803. The van der Waals surface area contributed by atoms with Gasteiger partial charge in [0.15, 0.2) is 0 Å². The van der Waals surface area contributed by atoms with Crippen LogP contribution in [0.5, 0.6) is 5.75 Å². The van der Waals surface area contributed by atoms with Crippen molar-refractivity contribution in [2.45, 2.75) is 12.1 Å². The van der Waals surface area contributed by atoms with Crippen LogP contribution in [0.25, 0.3) is 0 Å². The van der Waals surface area contributed by atoms with E-state index in [1.165, 1.54) is 0 Å². The van der Waals surface area contributed by atoms with Gasteiger partial charge in [0, 0.05) is 11.1 Å². The molecule has 2 aliphatic rings. The fraction of sp³-hybridized carbons (Fsp3) is 0.136. The number of carbonyl (C=O) groups excluding carboxylic acids is 1. The second-order valence-corrected chi connectivity index (χ2v) is 6.66. The molecule has 0 radical (unpaired) electrons. The van der Waals surface area contributed by atoms with Crippen molar-refractivity contribution in [3.8, 4) is 5.75 Å². The SMILES string of the molecule is COc1cccc2c1N=NC21C(=O)N(Cc2ccccc2)c2ccccc21. The van der Waals surface area contributed by atoms with Crippen molar-refractivity contribution in [1.29, 1.82) is 0 Å². The first-order valence-corrected chi connectivity index (χ1v) is 8.81. The first-order chi connectivity index (χ1) is 13.3. The summed E-state index contributed by atoms with van der Waals surface area (Å²) in [4.78, 5) is 15.5. The second kappa shape index (κ2) is 5.77. The number of para-hydroxylation sites is 1. The van der Waals surface area contributed by atoms with Crippen molar-refractivity contribution in [2.24, 2.45) is 10.2 Å². The zero-order valence-electron chi connectivity index (χ0n) is 14.8. The fourth-order valence-electron chi connectivity index (χ4n) is 3.98. The summed E-state index contributed by atoms with van der Waals surface area (Å²) in [6.45, 7) is 0.493. The van der Waals surface area contributed by atoms with Gasteiger partial charge in [0.2, 0.25) is 5.54 Å². The number of anilines is 1. The Morgan fingerprint density at radius 2 is 1.67 bits per heavy atom. The highest BCUT2D eigenvalue weighted by atomic mass is 16.5. The summed E-state index contributed by atoms with van der Waals surface area (Å²) in [5.41, 5.74) is 3.08. The molecule has 1 atom stereocenters. The fourth-order valence-corrected chi connectivity index (χ4v) is 3.98.